The van der Waals surface area contributed by atoms with Crippen LogP contribution in [0.25, 0.3) is 0 Å². The SMILES string of the molecule is CC(O)C(=O)Cc1cncs1. The molecule has 1 aromatic rings. The summed E-state index contributed by atoms with van der Waals surface area (Å²) in [5.41, 5.74) is 1.67. The van der Waals surface area contributed by atoms with Crippen LogP contribution in [0.4, 0.5) is 0 Å². The van der Waals surface area contributed by atoms with Crippen molar-refractivity contribution in [2.75, 3.05) is 0 Å². The van der Waals surface area contributed by atoms with Crippen LogP contribution < -0.4 is 0 Å². The molecule has 60 valence electrons. The summed E-state index contributed by atoms with van der Waals surface area (Å²) in [6, 6.07) is 0. The third-order valence-corrected chi connectivity index (χ3v) is 2.08. The first-order chi connectivity index (χ1) is 5.20. The predicted molar refractivity (Wildman–Crippen MR) is 42.5 cm³/mol. The van der Waals surface area contributed by atoms with Gasteiger partial charge in [0.05, 0.1) is 5.51 Å². The maximum absolute atomic E-state index is 10.9. The van der Waals surface area contributed by atoms with Gasteiger partial charge in [0.2, 0.25) is 0 Å². The Balaban J connectivity index is 2.50. The number of carbonyl (C=O) groups is 1. The maximum atomic E-state index is 10.9. The lowest BCUT2D eigenvalue weighted by molar-refractivity contribution is -0.125. The summed E-state index contributed by atoms with van der Waals surface area (Å²) < 4.78 is 0. The number of aliphatic hydroxyl groups is 1. The normalized spacial score (nSPS) is 12.9. The van der Waals surface area contributed by atoms with Gasteiger partial charge in [0.25, 0.3) is 0 Å². The van der Waals surface area contributed by atoms with Crippen LogP contribution in [0.1, 0.15) is 11.8 Å². The highest BCUT2D eigenvalue weighted by Gasteiger charge is 2.09. The smallest absolute Gasteiger partial charge is 0.166 e. The van der Waals surface area contributed by atoms with Gasteiger partial charge in [-0.2, -0.15) is 0 Å². The lowest BCUT2D eigenvalue weighted by atomic mass is 10.2. The molecule has 1 rings (SSSR count). The minimum absolute atomic E-state index is 0.158. The van der Waals surface area contributed by atoms with E-state index in [1.807, 2.05) is 0 Å². The molecule has 0 bridgehead atoms. The monoisotopic (exact) mass is 171 g/mol. The van der Waals surface area contributed by atoms with E-state index in [0.29, 0.717) is 6.42 Å². The molecule has 0 amide bonds. The molecule has 0 aromatic carbocycles. The van der Waals surface area contributed by atoms with Gasteiger partial charge in [-0.15, -0.1) is 11.3 Å². The largest absolute Gasteiger partial charge is 0.386 e. The Hall–Kier alpha value is -0.740. The minimum Gasteiger partial charge on any atom is -0.386 e. The second-order valence-corrected chi connectivity index (χ2v) is 3.26. The predicted octanol–water partition coefficient (Wildman–Crippen LogP) is 0.635. The molecule has 0 aliphatic heterocycles. The zero-order valence-corrected chi connectivity index (χ0v) is 6.97. The zero-order valence-electron chi connectivity index (χ0n) is 6.15. The maximum Gasteiger partial charge on any atom is 0.166 e. The molecule has 0 radical (unpaired) electrons. The van der Waals surface area contributed by atoms with Crippen LogP contribution in [0.3, 0.4) is 0 Å². The highest BCUT2D eigenvalue weighted by atomic mass is 32.1. The number of thiazole rings is 1. The van der Waals surface area contributed by atoms with Crippen LogP contribution in [0.15, 0.2) is 11.7 Å². The van der Waals surface area contributed by atoms with E-state index in [1.165, 1.54) is 18.3 Å². The third-order valence-electron chi connectivity index (χ3n) is 1.30. The molecule has 0 aliphatic rings. The zero-order chi connectivity index (χ0) is 8.27. The minimum atomic E-state index is -0.864. The molecule has 0 saturated heterocycles. The summed E-state index contributed by atoms with van der Waals surface area (Å²) in [7, 11) is 0. The Kier molecular flexibility index (Phi) is 2.73. The van der Waals surface area contributed by atoms with Crippen LogP contribution in [0.5, 0.6) is 0 Å². The third kappa shape index (κ3) is 2.40. The van der Waals surface area contributed by atoms with E-state index >= 15 is 0 Å². The van der Waals surface area contributed by atoms with Crippen molar-refractivity contribution < 1.29 is 9.90 Å². The number of carbonyl (C=O) groups excluding carboxylic acids is 1. The van der Waals surface area contributed by atoms with Crippen molar-refractivity contribution >= 4 is 17.1 Å². The van der Waals surface area contributed by atoms with E-state index in [0.717, 1.165) is 4.88 Å². The van der Waals surface area contributed by atoms with Crippen molar-refractivity contribution in [3.63, 3.8) is 0 Å². The van der Waals surface area contributed by atoms with Crippen molar-refractivity contribution in [3.05, 3.63) is 16.6 Å². The summed E-state index contributed by atoms with van der Waals surface area (Å²) in [5.74, 6) is -0.158. The number of rotatable bonds is 3. The summed E-state index contributed by atoms with van der Waals surface area (Å²) in [6.45, 7) is 1.48. The molecule has 11 heavy (non-hydrogen) atoms. The highest BCUT2D eigenvalue weighted by Crippen LogP contribution is 2.07. The van der Waals surface area contributed by atoms with E-state index in [9.17, 15) is 4.79 Å². The standard InChI is InChI=1S/C7H9NO2S/c1-5(9)7(10)2-6-3-8-4-11-6/h3-5,9H,2H2,1H3. The molecular weight excluding hydrogens is 162 g/mol. The lowest BCUT2D eigenvalue weighted by Gasteiger charge is -1.99. The van der Waals surface area contributed by atoms with Gasteiger partial charge in [0, 0.05) is 17.5 Å². The van der Waals surface area contributed by atoms with Gasteiger partial charge in [-0.3, -0.25) is 9.78 Å². The van der Waals surface area contributed by atoms with Gasteiger partial charge >= 0.3 is 0 Å². The number of Topliss-reactive ketones (excluding diaryl/α,β-unsaturated/α-hetero) is 1. The van der Waals surface area contributed by atoms with Crippen molar-refractivity contribution in [1.82, 2.24) is 4.98 Å². The number of ketones is 1. The Morgan fingerprint density at radius 3 is 3.09 bits per heavy atom. The molecule has 0 fully saturated rings. The average Bonchev–Trinajstić information content (AvgIpc) is 2.39. The quantitative estimate of drug-likeness (QED) is 0.726. The van der Waals surface area contributed by atoms with Gasteiger partial charge < -0.3 is 5.11 Å². The van der Waals surface area contributed by atoms with Crippen LogP contribution in [0, 0.1) is 0 Å². The Bertz CT molecular complexity index is 231. The second kappa shape index (κ2) is 3.59. The van der Waals surface area contributed by atoms with Gasteiger partial charge in [0.1, 0.15) is 6.10 Å². The molecule has 1 atom stereocenters. The fourth-order valence-corrected chi connectivity index (χ4v) is 1.25. The van der Waals surface area contributed by atoms with E-state index in [4.69, 9.17) is 5.11 Å². The summed E-state index contributed by atoms with van der Waals surface area (Å²) in [4.78, 5) is 15.7. The van der Waals surface area contributed by atoms with Gasteiger partial charge in [0.15, 0.2) is 5.78 Å². The number of aliphatic hydroxyl groups excluding tert-OH is 1. The molecule has 1 unspecified atom stereocenters. The van der Waals surface area contributed by atoms with Gasteiger partial charge in [-0.05, 0) is 6.92 Å². The first-order valence-corrected chi connectivity index (χ1v) is 4.16. The Morgan fingerprint density at radius 2 is 2.64 bits per heavy atom. The second-order valence-electron chi connectivity index (χ2n) is 2.29. The van der Waals surface area contributed by atoms with Crippen LogP contribution in [-0.4, -0.2) is 22.0 Å². The van der Waals surface area contributed by atoms with Crippen molar-refractivity contribution in [3.8, 4) is 0 Å². The number of hydrogen-bond acceptors (Lipinski definition) is 4. The molecule has 1 heterocycles. The number of nitrogens with zero attached hydrogens (tertiary/aromatic N) is 1. The summed E-state index contributed by atoms with van der Waals surface area (Å²) in [6.07, 6.45) is 1.07. The average molecular weight is 171 g/mol. The van der Waals surface area contributed by atoms with Crippen molar-refractivity contribution in [2.45, 2.75) is 19.4 Å². The summed E-state index contributed by atoms with van der Waals surface area (Å²) >= 11 is 1.43. The molecule has 4 heteroatoms. The first kappa shape index (κ1) is 8.36. The lowest BCUT2D eigenvalue weighted by Crippen LogP contribution is -2.17. The Morgan fingerprint density at radius 1 is 1.91 bits per heavy atom. The molecule has 0 aliphatic carbocycles. The van der Waals surface area contributed by atoms with E-state index in [2.05, 4.69) is 4.98 Å². The number of aromatic nitrogens is 1. The van der Waals surface area contributed by atoms with Crippen molar-refractivity contribution in [1.29, 1.82) is 0 Å². The van der Waals surface area contributed by atoms with Crippen LogP contribution in [-0.2, 0) is 11.2 Å². The van der Waals surface area contributed by atoms with E-state index < -0.39 is 6.10 Å². The summed E-state index contributed by atoms with van der Waals surface area (Å²) in [5, 5.41) is 8.85. The number of hydrogen-bond donors (Lipinski definition) is 1. The molecule has 3 nitrogen and oxygen atoms in total. The molecule has 0 saturated carbocycles. The van der Waals surface area contributed by atoms with E-state index in [1.54, 1.807) is 11.7 Å². The first-order valence-electron chi connectivity index (χ1n) is 3.28. The fourth-order valence-electron chi connectivity index (χ4n) is 0.649. The van der Waals surface area contributed by atoms with E-state index in [-0.39, 0.29) is 5.78 Å². The Labute approximate surface area is 68.7 Å². The highest BCUT2D eigenvalue weighted by molar-refractivity contribution is 7.09. The van der Waals surface area contributed by atoms with Crippen LogP contribution >= 0.6 is 11.3 Å². The van der Waals surface area contributed by atoms with Gasteiger partial charge in [-0.1, -0.05) is 0 Å². The molecule has 0 spiro atoms. The van der Waals surface area contributed by atoms with Gasteiger partial charge in [-0.25, -0.2) is 0 Å². The van der Waals surface area contributed by atoms with Crippen molar-refractivity contribution in [2.24, 2.45) is 0 Å². The fraction of sp³-hybridized carbons (Fsp3) is 0.429. The molecule has 1 N–H and O–H groups in total. The molecule has 1 aromatic heterocycles. The van der Waals surface area contributed by atoms with Crippen LogP contribution in [0.2, 0.25) is 0 Å². The molecular formula is C7H9NO2S. The topological polar surface area (TPSA) is 50.2 Å².